The van der Waals surface area contributed by atoms with Crippen molar-refractivity contribution in [2.24, 2.45) is 0 Å². The molecule has 0 radical (unpaired) electrons. The Morgan fingerprint density at radius 2 is 1.86 bits per heavy atom. The van der Waals surface area contributed by atoms with Gasteiger partial charge in [0.05, 0.1) is 0 Å². The highest BCUT2D eigenvalue weighted by Crippen LogP contribution is 2.24. The number of carboxylic acid groups (broad SMARTS) is 1. The molecule has 0 saturated carbocycles. The third-order valence-corrected chi connectivity index (χ3v) is 3.25. The molecule has 0 saturated heterocycles. The minimum atomic E-state index is -1.03. The van der Waals surface area contributed by atoms with Gasteiger partial charge in [0.25, 0.3) is 0 Å². The molecule has 2 atom stereocenters. The first-order valence-electron chi connectivity index (χ1n) is 6.51. The van der Waals surface area contributed by atoms with Gasteiger partial charge in [0.15, 0.2) is 0 Å². The molecule has 2 aromatic carbocycles. The summed E-state index contributed by atoms with van der Waals surface area (Å²) in [5.74, 6) is -1.78. The fourth-order valence-electron chi connectivity index (χ4n) is 2.16. The van der Waals surface area contributed by atoms with Gasteiger partial charge in [0, 0.05) is 17.7 Å². The van der Waals surface area contributed by atoms with Gasteiger partial charge in [-0.3, -0.25) is 10.1 Å². The minimum absolute atomic E-state index is 0.165. The summed E-state index contributed by atoms with van der Waals surface area (Å²) in [6.07, 6.45) is 0. The second-order valence-corrected chi connectivity index (χ2v) is 4.78. The van der Waals surface area contributed by atoms with E-state index in [9.17, 15) is 19.4 Å². The molecular formula is C16H16FNO3. The van der Waals surface area contributed by atoms with Gasteiger partial charge in [-0.15, -0.1) is 0 Å². The number of hydrogen-bond donors (Lipinski definition) is 3. The lowest BCUT2D eigenvalue weighted by molar-refractivity contribution is -0.139. The average molecular weight is 289 g/mol. The summed E-state index contributed by atoms with van der Waals surface area (Å²) in [5, 5.41) is 21.4. The fourth-order valence-corrected chi connectivity index (χ4v) is 2.16. The normalized spacial score (nSPS) is 13.6. The van der Waals surface area contributed by atoms with Crippen molar-refractivity contribution in [2.75, 3.05) is 0 Å². The quantitative estimate of drug-likeness (QED) is 0.791. The summed E-state index contributed by atoms with van der Waals surface area (Å²) in [6, 6.07) is 11.1. The van der Waals surface area contributed by atoms with E-state index in [0.29, 0.717) is 11.1 Å². The zero-order valence-electron chi connectivity index (χ0n) is 11.5. The molecule has 5 heteroatoms. The number of nitrogens with one attached hydrogen (secondary N) is 1. The van der Waals surface area contributed by atoms with E-state index in [4.69, 9.17) is 0 Å². The Kier molecular flexibility index (Phi) is 4.55. The van der Waals surface area contributed by atoms with Crippen molar-refractivity contribution in [3.8, 4) is 5.75 Å². The van der Waals surface area contributed by atoms with E-state index in [1.807, 2.05) is 0 Å². The molecule has 0 aliphatic heterocycles. The van der Waals surface area contributed by atoms with Crippen LogP contribution in [-0.4, -0.2) is 16.2 Å². The maximum absolute atomic E-state index is 13.8. The predicted octanol–water partition coefficient (Wildman–Crippen LogP) is 3.01. The predicted molar refractivity (Wildman–Crippen MR) is 76.4 cm³/mol. The first-order valence-corrected chi connectivity index (χ1v) is 6.51. The first kappa shape index (κ1) is 15.0. The molecule has 2 rings (SSSR count). The number of benzene rings is 2. The van der Waals surface area contributed by atoms with Crippen molar-refractivity contribution < 1.29 is 19.4 Å². The molecule has 0 aromatic heterocycles. The summed E-state index contributed by atoms with van der Waals surface area (Å²) in [7, 11) is 0. The van der Waals surface area contributed by atoms with Crippen LogP contribution in [-0.2, 0) is 4.79 Å². The van der Waals surface area contributed by atoms with Crippen LogP contribution in [0, 0.1) is 5.82 Å². The lowest BCUT2D eigenvalue weighted by atomic mass is 10.0. The van der Waals surface area contributed by atoms with Crippen LogP contribution in [0.4, 0.5) is 4.39 Å². The van der Waals surface area contributed by atoms with Crippen molar-refractivity contribution in [3.63, 3.8) is 0 Å². The van der Waals surface area contributed by atoms with Crippen LogP contribution in [0.3, 0.4) is 0 Å². The minimum Gasteiger partial charge on any atom is -0.508 e. The largest absolute Gasteiger partial charge is 0.508 e. The SMILES string of the molecule is CC(NC(C(=O)O)c1ccccc1)c1ccc(O)cc1F. The van der Waals surface area contributed by atoms with Crippen LogP contribution in [0.1, 0.15) is 30.1 Å². The molecule has 0 bridgehead atoms. The molecular weight excluding hydrogens is 273 g/mol. The van der Waals surface area contributed by atoms with Crippen molar-refractivity contribution in [3.05, 3.63) is 65.5 Å². The highest BCUT2D eigenvalue weighted by atomic mass is 19.1. The van der Waals surface area contributed by atoms with Crippen LogP contribution in [0.2, 0.25) is 0 Å². The van der Waals surface area contributed by atoms with Gasteiger partial charge in [-0.05, 0) is 18.6 Å². The highest BCUT2D eigenvalue weighted by Gasteiger charge is 2.23. The second kappa shape index (κ2) is 6.37. The molecule has 2 aromatic rings. The van der Waals surface area contributed by atoms with Gasteiger partial charge in [0.1, 0.15) is 17.6 Å². The summed E-state index contributed by atoms with van der Waals surface area (Å²) >= 11 is 0. The summed E-state index contributed by atoms with van der Waals surface area (Å²) < 4.78 is 13.8. The zero-order valence-corrected chi connectivity index (χ0v) is 11.5. The molecule has 0 amide bonds. The van der Waals surface area contributed by atoms with E-state index >= 15 is 0 Å². The standard InChI is InChI=1S/C16H16FNO3/c1-10(13-8-7-12(19)9-14(13)17)18-15(16(20)21)11-5-3-2-4-6-11/h2-10,15,18-19H,1H3,(H,20,21). The van der Waals surface area contributed by atoms with E-state index in [0.717, 1.165) is 6.07 Å². The van der Waals surface area contributed by atoms with Crippen LogP contribution in [0.25, 0.3) is 0 Å². The van der Waals surface area contributed by atoms with Crippen LogP contribution >= 0.6 is 0 Å². The number of hydrogen-bond acceptors (Lipinski definition) is 3. The number of rotatable bonds is 5. The molecule has 4 nitrogen and oxygen atoms in total. The number of carbonyl (C=O) groups is 1. The second-order valence-electron chi connectivity index (χ2n) is 4.78. The molecule has 0 aliphatic carbocycles. The van der Waals surface area contributed by atoms with Gasteiger partial charge >= 0.3 is 5.97 Å². The van der Waals surface area contributed by atoms with Gasteiger partial charge < -0.3 is 10.2 Å². The maximum atomic E-state index is 13.8. The number of halogens is 1. The molecule has 0 aliphatic rings. The van der Waals surface area contributed by atoms with Gasteiger partial charge in [-0.25, -0.2) is 4.39 Å². The number of carboxylic acids is 1. The summed E-state index contributed by atoms with van der Waals surface area (Å²) in [6.45, 7) is 1.67. The molecule has 110 valence electrons. The number of phenols is 1. The van der Waals surface area contributed by atoms with Crippen molar-refractivity contribution in [2.45, 2.75) is 19.0 Å². The van der Waals surface area contributed by atoms with E-state index in [1.165, 1.54) is 12.1 Å². The van der Waals surface area contributed by atoms with Crippen LogP contribution in [0.5, 0.6) is 5.75 Å². The van der Waals surface area contributed by atoms with Gasteiger partial charge in [0.2, 0.25) is 0 Å². The Morgan fingerprint density at radius 1 is 1.19 bits per heavy atom. The van der Waals surface area contributed by atoms with E-state index < -0.39 is 23.9 Å². The number of aliphatic carboxylic acids is 1. The van der Waals surface area contributed by atoms with Crippen LogP contribution in [0.15, 0.2) is 48.5 Å². The lowest BCUT2D eigenvalue weighted by Gasteiger charge is -2.21. The molecule has 0 fully saturated rings. The molecule has 0 heterocycles. The topological polar surface area (TPSA) is 69.6 Å². The third kappa shape index (κ3) is 3.58. The average Bonchev–Trinajstić information content (AvgIpc) is 2.45. The Labute approximate surface area is 121 Å². The Hall–Kier alpha value is -2.40. The lowest BCUT2D eigenvalue weighted by Crippen LogP contribution is -2.31. The Bertz CT molecular complexity index is 631. The molecule has 21 heavy (non-hydrogen) atoms. The third-order valence-electron chi connectivity index (χ3n) is 3.25. The van der Waals surface area contributed by atoms with Gasteiger partial charge in [-0.2, -0.15) is 0 Å². The van der Waals surface area contributed by atoms with E-state index in [-0.39, 0.29) is 5.75 Å². The number of aromatic hydroxyl groups is 1. The molecule has 3 N–H and O–H groups in total. The first-order chi connectivity index (χ1) is 9.99. The van der Waals surface area contributed by atoms with Crippen LogP contribution < -0.4 is 5.32 Å². The monoisotopic (exact) mass is 289 g/mol. The zero-order chi connectivity index (χ0) is 15.4. The molecule has 2 unspecified atom stereocenters. The summed E-state index contributed by atoms with van der Waals surface area (Å²) in [5.41, 5.74) is 0.894. The summed E-state index contributed by atoms with van der Waals surface area (Å²) in [4.78, 5) is 11.4. The van der Waals surface area contributed by atoms with E-state index in [2.05, 4.69) is 5.32 Å². The number of phenolic OH excluding ortho intramolecular Hbond substituents is 1. The van der Waals surface area contributed by atoms with E-state index in [1.54, 1.807) is 37.3 Å². The fraction of sp³-hybridized carbons (Fsp3) is 0.188. The smallest absolute Gasteiger partial charge is 0.325 e. The Balaban J connectivity index is 2.23. The highest BCUT2D eigenvalue weighted by molar-refractivity contribution is 5.75. The Morgan fingerprint density at radius 3 is 2.43 bits per heavy atom. The van der Waals surface area contributed by atoms with Gasteiger partial charge in [-0.1, -0.05) is 36.4 Å². The molecule has 0 spiro atoms. The maximum Gasteiger partial charge on any atom is 0.325 e. The van der Waals surface area contributed by atoms with Crippen molar-refractivity contribution >= 4 is 5.97 Å². The van der Waals surface area contributed by atoms with Crippen molar-refractivity contribution in [1.82, 2.24) is 5.32 Å². The van der Waals surface area contributed by atoms with Crippen molar-refractivity contribution in [1.29, 1.82) is 0 Å².